The Morgan fingerprint density at radius 1 is 1.23 bits per heavy atom. The summed E-state index contributed by atoms with van der Waals surface area (Å²) in [6.07, 6.45) is 2.32. The summed E-state index contributed by atoms with van der Waals surface area (Å²) < 4.78 is 21.8. The van der Waals surface area contributed by atoms with Crippen LogP contribution in [-0.4, -0.2) is 17.3 Å². The van der Waals surface area contributed by atoms with Crippen molar-refractivity contribution in [3.8, 4) is 11.3 Å². The van der Waals surface area contributed by atoms with Crippen molar-refractivity contribution in [2.75, 3.05) is 6.61 Å². The van der Waals surface area contributed by atoms with Crippen LogP contribution in [0.1, 0.15) is 12.8 Å². The minimum atomic E-state index is -0.460. The number of thiazole rings is 1. The summed E-state index contributed by atoms with van der Waals surface area (Å²) >= 11 is 7.32. The van der Waals surface area contributed by atoms with E-state index in [4.69, 9.17) is 16.3 Å². The Labute approximate surface area is 160 Å². The first-order valence-corrected chi connectivity index (χ1v) is 9.81. The van der Waals surface area contributed by atoms with E-state index < -0.39 is 5.82 Å². The fraction of sp³-hybridized carbons (Fsp3) is 0.250. The first-order chi connectivity index (χ1) is 12.7. The first-order valence-electron chi connectivity index (χ1n) is 8.56. The molecule has 1 saturated heterocycles. The molecule has 134 valence electrons. The molecule has 0 aliphatic carbocycles. The van der Waals surface area contributed by atoms with Crippen LogP contribution >= 0.6 is 22.9 Å². The van der Waals surface area contributed by atoms with Gasteiger partial charge in [0.2, 0.25) is 0 Å². The average molecular weight is 389 g/mol. The third-order valence-corrected chi connectivity index (χ3v) is 5.58. The number of benzene rings is 2. The van der Waals surface area contributed by atoms with Gasteiger partial charge in [0.1, 0.15) is 5.82 Å². The summed E-state index contributed by atoms with van der Waals surface area (Å²) in [6, 6.07) is 14.8. The van der Waals surface area contributed by atoms with Gasteiger partial charge in [-0.15, -0.1) is 11.3 Å². The van der Waals surface area contributed by atoms with Gasteiger partial charge in [0.25, 0.3) is 0 Å². The number of aromatic nitrogens is 1. The van der Waals surface area contributed by atoms with Crippen molar-refractivity contribution < 1.29 is 9.13 Å². The van der Waals surface area contributed by atoms with Crippen LogP contribution in [0.25, 0.3) is 11.3 Å². The van der Waals surface area contributed by atoms with Crippen LogP contribution in [0.5, 0.6) is 0 Å². The molecule has 3 nitrogen and oxygen atoms in total. The molecule has 1 atom stereocenters. The van der Waals surface area contributed by atoms with Gasteiger partial charge in [0.05, 0.1) is 29.1 Å². The highest BCUT2D eigenvalue weighted by atomic mass is 35.5. The van der Waals surface area contributed by atoms with Gasteiger partial charge in [0, 0.05) is 18.1 Å². The van der Waals surface area contributed by atoms with Gasteiger partial charge in [0.15, 0.2) is 4.80 Å². The Hall–Kier alpha value is -1.95. The zero-order chi connectivity index (χ0) is 17.9. The van der Waals surface area contributed by atoms with Crippen LogP contribution in [-0.2, 0) is 11.3 Å². The van der Waals surface area contributed by atoms with Crippen molar-refractivity contribution in [2.45, 2.75) is 25.5 Å². The van der Waals surface area contributed by atoms with Gasteiger partial charge in [-0.3, -0.25) is 0 Å². The second-order valence-corrected chi connectivity index (χ2v) is 7.47. The topological polar surface area (TPSA) is 26.5 Å². The van der Waals surface area contributed by atoms with Gasteiger partial charge >= 0.3 is 0 Å². The first kappa shape index (κ1) is 17.5. The molecule has 3 aromatic rings. The van der Waals surface area contributed by atoms with Crippen LogP contribution in [0.3, 0.4) is 0 Å². The lowest BCUT2D eigenvalue weighted by molar-refractivity contribution is 0.0968. The molecule has 1 unspecified atom stereocenters. The van der Waals surface area contributed by atoms with Crippen LogP contribution in [0.4, 0.5) is 10.1 Å². The Bertz CT molecular complexity index is 961. The molecular formula is C20H18ClFN2OS. The van der Waals surface area contributed by atoms with E-state index in [9.17, 15) is 4.39 Å². The highest BCUT2D eigenvalue weighted by Gasteiger charge is 2.19. The maximum Gasteiger partial charge on any atom is 0.190 e. The molecule has 1 aromatic heterocycles. The molecule has 26 heavy (non-hydrogen) atoms. The van der Waals surface area contributed by atoms with Crippen molar-refractivity contribution in [3.05, 3.63) is 69.6 Å². The van der Waals surface area contributed by atoms with E-state index >= 15 is 0 Å². The van der Waals surface area contributed by atoms with E-state index in [1.165, 1.54) is 12.1 Å². The van der Waals surface area contributed by atoms with E-state index in [1.54, 1.807) is 17.4 Å². The lowest BCUT2D eigenvalue weighted by atomic mass is 10.1. The summed E-state index contributed by atoms with van der Waals surface area (Å²) in [5, 5.41) is 2.20. The second kappa shape index (κ2) is 7.74. The van der Waals surface area contributed by atoms with Gasteiger partial charge in [-0.25, -0.2) is 9.38 Å². The quantitative estimate of drug-likeness (QED) is 0.586. The molecule has 0 bridgehead atoms. The number of hydrogen-bond acceptors (Lipinski definition) is 3. The SMILES string of the molecule is Fc1cc(N=c2scc(-c3ccccc3)n2CC2CCCO2)ccc1Cl. The monoisotopic (exact) mass is 388 g/mol. The Morgan fingerprint density at radius 2 is 2.08 bits per heavy atom. The minimum Gasteiger partial charge on any atom is -0.376 e. The molecule has 1 fully saturated rings. The molecule has 0 saturated carbocycles. The van der Waals surface area contributed by atoms with Gasteiger partial charge < -0.3 is 9.30 Å². The summed E-state index contributed by atoms with van der Waals surface area (Å²) in [5.41, 5.74) is 2.78. The van der Waals surface area contributed by atoms with Crippen molar-refractivity contribution in [1.29, 1.82) is 0 Å². The average Bonchev–Trinajstić information content (AvgIpc) is 3.30. The lowest BCUT2D eigenvalue weighted by Crippen LogP contribution is -2.24. The van der Waals surface area contributed by atoms with E-state index in [-0.39, 0.29) is 11.1 Å². The van der Waals surface area contributed by atoms with Gasteiger partial charge in [-0.1, -0.05) is 41.9 Å². The Kier molecular flexibility index (Phi) is 5.20. The molecule has 0 N–H and O–H groups in total. The van der Waals surface area contributed by atoms with Crippen LogP contribution in [0.2, 0.25) is 5.02 Å². The van der Waals surface area contributed by atoms with E-state index in [1.807, 2.05) is 18.2 Å². The van der Waals surface area contributed by atoms with Crippen LogP contribution < -0.4 is 4.80 Å². The zero-order valence-electron chi connectivity index (χ0n) is 14.1. The molecule has 2 aromatic carbocycles. The number of ether oxygens (including phenoxy) is 1. The Morgan fingerprint density at radius 3 is 2.81 bits per heavy atom. The number of nitrogens with zero attached hydrogens (tertiary/aromatic N) is 2. The number of hydrogen-bond donors (Lipinski definition) is 0. The normalized spacial score (nSPS) is 17.8. The minimum absolute atomic E-state index is 0.104. The fourth-order valence-electron chi connectivity index (χ4n) is 3.09. The molecule has 0 amide bonds. The van der Waals surface area contributed by atoms with Crippen molar-refractivity contribution in [2.24, 2.45) is 4.99 Å². The summed E-state index contributed by atoms with van der Waals surface area (Å²) in [4.78, 5) is 5.48. The third kappa shape index (κ3) is 3.75. The van der Waals surface area contributed by atoms with E-state index in [2.05, 4.69) is 27.1 Å². The molecule has 6 heteroatoms. The second-order valence-electron chi connectivity index (χ2n) is 6.23. The highest BCUT2D eigenvalue weighted by molar-refractivity contribution is 7.07. The molecule has 1 aliphatic rings. The predicted molar refractivity (Wildman–Crippen MR) is 103 cm³/mol. The number of halogens is 2. The lowest BCUT2D eigenvalue weighted by Gasteiger charge is -2.14. The van der Waals surface area contributed by atoms with Gasteiger partial charge in [-0.05, 0) is 30.5 Å². The van der Waals surface area contributed by atoms with Crippen LogP contribution in [0.15, 0.2) is 58.9 Å². The largest absolute Gasteiger partial charge is 0.376 e. The van der Waals surface area contributed by atoms with Crippen molar-refractivity contribution >= 4 is 28.6 Å². The van der Waals surface area contributed by atoms with Crippen LogP contribution in [0, 0.1) is 5.82 Å². The predicted octanol–water partition coefficient (Wildman–Crippen LogP) is 5.42. The molecular weight excluding hydrogens is 371 g/mol. The van der Waals surface area contributed by atoms with Gasteiger partial charge in [-0.2, -0.15) is 0 Å². The maximum absolute atomic E-state index is 13.8. The molecule has 0 radical (unpaired) electrons. The third-order valence-electron chi connectivity index (χ3n) is 4.41. The molecule has 1 aliphatic heterocycles. The highest BCUT2D eigenvalue weighted by Crippen LogP contribution is 2.24. The fourth-order valence-corrected chi connectivity index (χ4v) is 4.15. The smallest absolute Gasteiger partial charge is 0.190 e. The van der Waals surface area contributed by atoms with Crippen molar-refractivity contribution in [1.82, 2.24) is 4.57 Å². The van der Waals surface area contributed by atoms with Crippen molar-refractivity contribution in [3.63, 3.8) is 0 Å². The molecule has 4 rings (SSSR count). The maximum atomic E-state index is 13.8. The molecule has 0 spiro atoms. The zero-order valence-corrected chi connectivity index (χ0v) is 15.6. The van der Waals surface area contributed by atoms with E-state index in [0.717, 1.165) is 42.1 Å². The standard InChI is InChI=1S/C20H18ClFN2OS/c21-17-9-8-15(11-18(17)22)23-20-24(12-16-7-4-10-25-16)19(13-26-20)14-5-2-1-3-6-14/h1-3,5-6,8-9,11,13,16H,4,7,10,12H2. The summed E-state index contributed by atoms with van der Waals surface area (Å²) in [5.74, 6) is -0.460. The van der Waals surface area contributed by atoms with E-state index in [0.29, 0.717) is 5.69 Å². The number of rotatable bonds is 4. The summed E-state index contributed by atoms with van der Waals surface area (Å²) in [7, 11) is 0. The Balaban J connectivity index is 1.79. The summed E-state index contributed by atoms with van der Waals surface area (Å²) in [6.45, 7) is 1.55. The molecule has 2 heterocycles.